The predicted octanol–water partition coefficient (Wildman–Crippen LogP) is 4.92. The van der Waals surface area contributed by atoms with Crippen LogP contribution < -0.4 is 9.47 Å². The van der Waals surface area contributed by atoms with Crippen LogP contribution in [-0.2, 0) is 0 Å². The van der Waals surface area contributed by atoms with Gasteiger partial charge in [0, 0.05) is 6.07 Å². The minimum atomic E-state index is 0.760. The van der Waals surface area contributed by atoms with Crippen molar-refractivity contribution in [1.82, 2.24) is 0 Å². The second kappa shape index (κ2) is 5.94. The van der Waals surface area contributed by atoms with E-state index in [-0.39, 0.29) is 0 Å². The summed E-state index contributed by atoms with van der Waals surface area (Å²) in [5.74, 6) is 1.52. The molecule has 0 aliphatic heterocycles. The van der Waals surface area contributed by atoms with Gasteiger partial charge in [0.25, 0.3) is 0 Å². The van der Waals surface area contributed by atoms with Gasteiger partial charge in [0.05, 0.1) is 14.2 Å². The van der Waals surface area contributed by atoms with E-state index < -0.39 is 0 Å². The van der Waals surface area contributed by atoms with E-state index in [4.69, 9.17) is 9.47 Å². The summed E-state index contributed by atoms with van der Waals surface area (Å²) in [5.41, 5.74) is 3.06. The number of ether oxygens (including phenoxy) is 2. The molecule has 0 bridgehead atoms. The molecule has 3 rings (SSSR count). The highest BCUT2D eigenvalue weighted by molar-refractivity contribution is 5.97. The molecule has 0 atom stereocenters. The van der Waals surface area contributed by atoms with Crippen molar-refractivity contribution in [2.24, 2.45) is 0 Å². The van der Waals surface area contributed by atoms with E-state index in [2.05, 4.69) is 36.9 Å². The summed E-state index contributed by atoms with van der Waals surface area (Å²) < 4.78 is 10.7. The molecule has 0 radical (unpaired) electrons. The first-order valence-electron chi connectivity index (χ1n) is 7.13. The minimum absolute atomic E-state index is 0.760. The molecule has 0 aromatic heterocycles. The molecule has 22 heavy (non-hydrogen) atoms. The van der Waals surface area contributed by atoms with Gasteiger partial charge in [0.2, 0.25) is 0 Å². The number of hydrogen-bond acceptors (Lipinski definition) is 2. The van der Waals surface area contributed by atoms with Crippen molar-refractivity contribution in [3.63, 3.8) is 0 Å². The Morgan fingerprint density at radius 2 is 1.45 bits per heavy atom. The third-order valence-electron chi connectivity index (χ3n) is 3.81. The van der Waals surface area contributed by atoms with Crippen molar-refractivity contribution in [2.45, 2.75) is 0 Å². The summed E-state index contributed by atoms with van der Waals surface area (Å²) in [6, 6.07) is 20.4. The molecule has 0 saturated heterocycles. The molecule has 3 aromatic rings. The molecular weight excluding hydrogens is 272 g/mol. The number of rotatable bonds is 4. The largest absolute Gasteiger partial charge is 0.497 e. The van der Waals surface area contributed by atoms with Crippen LogP contribution in [0, 0.1) is 0 Å². The monoisotopic (exact) mass is 290 g/mol. The maximum atomic E-state index is 5.35. The van der Waals surface area contributed by atoms with Crippen LogP contribution in [0.2, 0.25) is 0 Å². The molecule has 0 heterocycles. The highest BCUT2D eigenvalue weighted by atomic mass is 16.5. The van der Waals surface area contributed by atoms with Crippen LogP contribution in [-0.4, -0.2) is 14.2 Å². The highest BCUT2D eigenvalue weighted by Gasteiger charge is 2.09. The molecule has 2 heteroatoms. The van der Waals surface area contributed by atoms with Gasteiger partial charge >= 0.3 is 0 Å². The lowest BCUT2D eigenvalue weighted by molar-refractivity contribution is 0.394. The smallest absolute Gasteiger partial charge is 0.123 e. The van der Waals surface area contributed by atoms with Gasteiger partial charge in [0.15, 0.2) is 0 Å². The maximum absolute atomic E-state index is 5.35. The first-order valence-corrected chi connectivity index (χ1v) is 7.13. The fraction of sp³-hybridized carbons (Fsp3) is 0.100. The second-order valence-corrected chi connectivity index (χ2v) is 5.11. The van der Waals surface area contributed by atoms with Crippen LogP contribution in [0.3, 0.4) is 0 Å². The summed E-state index contributed by atoms with van der Waals surface area (Å²) in [4.78, 5) is 0. The zero-order chi connectivity index (χ0) is 15.5. The Balaban J connectivity index is 2.14. The van der Waals surface area contributed by atoms with Gasteiger partial charge in [-0.2, -0.15) is 0 Å². The zero-order valence-corrected chi connectivity index (χ0v) is 12.8. The van der Waals surface area contributed by atoms with Crippen LogP contribution >= 0.6 is 0 Å². The summed E-state index contributed by atoms with van der Waals surface area (Å²) in [5, 5.41) is 2.40. The molecule has 0 aliphatic rings. The third kappa shape index (κ3) is 2.56. The Kier molecular flexibility index (Phi) is 3.84. The minimum Gasteiger partial charge on any atom is -0.497 e. The molecule has 0 N–H and O–H groups in total. The molecule has 110 valence electrons. The molecular formula is C20H18O2. The topological polar surface area (TPSA) is 18.5 Å². The van der Waals surface area contributed by atoms with Gasteiger partial charge in [-0.25, -0.2) is 0 Å². The van der Waals surface area contributed by atoms with Crippen LogP contribution in [0.25, 0.3) is 16.3 Å². The van der Waals surface area contributed by atoms with Crippen molar-refractivity contribution in [2.75, 3.05) is 14.2 Å². The number of hydrogen-bond donors (Lipinski definition) is 0. The summed E-state index contributed by atoms with van der Waals surface area (Å²) in [6.07, 6.45) is 0. The van der Waals surface area contributed by atoms with E-state index in [1.165, 1.54) is 10.8 Å². The van der Waals surface area contributed by atoms with Gasteiger partial charge in [-0.15, -0.1) is 0 Å². The lowest BCUT2D eigenvalue weighted by Crippen LogP contribution is -1.93. The molecule has 0 aliphatic carbocycles. The second-order valence-electron chi connectivity index (χ2n) is 5.11. The lowest BCUT2D eigenvalue weighted by Gasteiger charge is -2.13. The van der Waals surface area contributed by atoms with Gasteiger partial charge in [-0.1, -0.05) is 49.0 Å². The average Bonchev–Trinajstić information content (AvgIpc) is 2.60. The first kappa shape index (κ1) is 14.2. The van der Waals surface area contributed by atoms with Crippen molar-refractivity contribution in [1.29, 1.82) is 0 Å². The Labute approximate surface area is 130 Å². The molecule has 2 nitrogen and oxygen atoms in total. The third-order valence-corrected chi connectivity index (χ3v) is 3.81. The van der Waals surface area contributed by atoms with Gasteiger partial charge in [0.1, 0.15) is 11.5 Å². The van der Waals surface area contributed by atoms with Crippen LogP contribution in [0.15, 0.2) is 67.2 Å². The van der Waals surface area contributed by atoms with Crippen molar-refractivity contribution < 1.29 is 9.47 Å². The summed E-state index contributed by atoms with van der Waals surface area (Å²) in [7, 11) is 3.30. The highest BCUT2D eigenvalue weighted by Crippen LogP contribution is 2.32. The molecule has 0 spiro atoms. The SMILES string of the molecule is C=C(c1cc(OC)cc(OC)c1)c1cccc2ccccc12. The Hall–Kier alpha value is -2.74. The molecule has 0 unspecified atom stereocenters. The molecule has 0 saturated carbocycles. The van der Waals surface area contributed by atoms with E-state index in [0.29, 0.717) is 0 Å². The predicted molar refractivity (Wildman–Crippen MR) is 91.6 cm³/mol. The average molecular weight is 290 g/mol. The summed E-state index contributed by atoms with van der Waals surface area (Å²) in [6.45, 7) is 4.29. The van der Waals surface area contributed by atoms with Gasteiger partial charge in [-0.05, 0) is 39.6 Å². The fourth-order valence-electron chi connectivity index (χ4n) is 2.63. The first-order chi connectivity index (χ1) is 10.7. The van der Waals surface area contributed by atoms with Crippen molar-refractivity contribution in [3.8, 4) is 11.5 Å². The molecule has 3 aromatic carbocycles. The molecule has 0 fully saturated rings. The van der Waals surface area contributed by atoms with E-state index in [9.17, 15) is 0 Å². The van der Waals surface area contributed by atoms with E-state index in [1.807, 2.05) is 30.3 Å². The zero-order valence-electron chi connectivity index (χ0n) is 12.8. The van der Waals surface area contributed by atoms with Crippen LogP contribution in [0.1, 0.15) is 11.1 Å². The van der Waals surface area contributed by atoms with Crippen molar-refractivity contribution in [3.05, 3.63) is 78.4 Å². The fourth-order valence-corrected chi connectivity index (χ4v) is 2.63. The summed E-state index contributed by atoms with van der Waals surface area (Å²) >= 11 is 0. The van der Waals surface area contributed by atoms with Gasteiger partial charge < -0.3 is 9.47 Å². The van der Waals surface area contributed by atoms with Crippen LogP contribution in [0.4, 0.5) is 0 Å². The van der Waals surface area contributed by atoms with E-state index in [1.54, 1.807) is 14.2 Å². The van der Waals surface area contributed by atoms with E-state index >= 15 is 0 Å². The number of fused-ring (bicyclic) bond motifs is 1. The van der Waals surface area contributed by atoms with Crippen molar-refractivity contribution >= 4 is 16.3 Å². The van der Waals surface area contributed by atoms with E-state index in [0.717, 1.165) is 28.2 Å². The Bertz CT molecular complexity index is 806. The standard InChI is InChI=1S/C20H18O2/c1-14(16-11-17(21-2)13-18(12-16)22-3)19-10-6-8-15-7-4-5-9-20(15)19/h4-13H,1H2,2-3H3. The van der Waals surface area contributed by atoms with Gasteiger partial charge in [-0.3, -0.25) is 0 Å². The Morgan fingerprint density at radius 1 is 0.818 bits per heavy atom. The van der Waals surface area contributed by atoms with Crippen LogP contribution in [0.5, 0.6) is 11.5 Å². The number of methoxy groups -OCH3 is 2. The number of benzene rings is 3. The maximum Gasteiger partial charge on any atom is 0.123 e. The Morgan fingerprint density at radius 3 is 2.14 bits per heavy atom. The molecule has 0 amide bonds. The normalized spacial score (nSPS) is 10.5. The lowest BCUT2D eigenvalue weighted by atomic mass is 9.94. The quantitative estimate of drug-likeness (QED) is 0.679.